The Morgan fingerprint density at radius 1 is 0.969 bits per heavy atom. The van der Waals surface area contributed by atoms with Crippen molar-refractivity contribution >= 4 is 40.7 Å². The SMILES string of the molecule is CC(=O)c1cccc(NC(=O)CSc2nnc(-c3ccccc3)n2-c2ccc(Cl)cc2)c1. The van der Waals surface area contributed by atoms with Gasteiger partial charge in [-0.1, -0.05) is 65.8 Å². The van der Waals surface area contributed by atoms with Crippen LogP contribution >= 0.6 is 23.4 Å². The quantitative estimate of drug-likeness (QED) is 0.289. The molecule has 0 aliphatic rings. The second-order valence-corrected chi connectivity index (χ2v) is 8.34. The van der Waals surface area contributed by atoms with Crippen LogP contribution in [0.4, 0.5) is 5.69 Å². The van der Waals surface area contributed by atoms with Gasteiger partial charge in [0.05, 0.1) is 5.75 Å². The number of benzene rings is 3. The van der Waals surface area contributed by atoms with Gasteiger partial charge in [-0.2, -0.15) is 0 Å². The van der Waals surface area contributed by atoms with Crippen molar-refractivity contribution in [2.45, 2.75) is 12.1 Å². The summed E-state index contributed by atoms with van der Waals surface area (Å²) >= 11 is 7.34. The maximum atomic E-state index is 12.5. The van der Waals surface area contributed by atoms with Gasteiger partial charge in [0.1, 0.15) is 0 Å². The second-order valence-electron chi connectivity index (χ2n) is 6.96. The van der Waals surface area contributed by atoms with Crippen LogP contribution in [0, 0.1) is 0 Å². The molecule has 0 radical (unpaired) electrons. The number of nitrogens with one attached hydrogen (secondary N) is 1. The summed E-state index contributed by atoms with van der Waals surface area (Å²) in [5.74, 6) is 0.540. The molecular weight excluding hydrogens is 444 g/mol. The molecule has 1 N–H and O–H groups in total. The number of aromatic nitrogens is 3. The zero-order valence-electron chi connectivity index (χ0n) is 17.2. The molecule has 6 nitrogen and oxygen atoms in total. The number of hydrogen-bond acceptors (Lipinski definition) is 5. The van der Waals surface area contributed by atoms with Crippen molar-refractivity contribution in [2.75, 3.05) is 11.1 Å². The number of thioether (sulfide) groups is 1. The number of carbonyl (C=O) groups excluding carboxylic acids is 2. The maximum Gasteiger partial charge on any atom is 0.234 e. The van der Waals surface area contributed by atoms with E-state index in [1.54, 1.807) is 36.4 Å². The number of ketones is 1. The zero-order chi connectivity index (χ0) is 22.5. The molecule has 0 fully saturated rings. The van der Waals surface area contributed by atoms with Crippen LogP contribution < -0.4 is 5.32 Å². The molecule has 1 aromatic heterocycles. The summed E-state index contributed by atoms with van der Waals surface area (Å²) in [6, 6.07) is 24.0. The molecule has 8 heteroatoms. The Balaban J connectivity index is 1.56. The summed E-state index contributed by atoms with van der Waals surface area (Å²) in [7, 11) is 0. The van der Waals surface area contributed by atoms with Gasteiger partial charge in [0.15, 0.2) is 16.8 Å². The fourth-order valence-electron chi connectivity index (χ4n) is 3.10. The maximum absolute atomic E-state index is 12.5. The summed E-state index contributed by atoms with van der Waals surface area (Å²) in [5, 5.41) is 12.7. The van der Waals surface area contributed by atoms with Gasteiger partial charge >= 0.3 is 0 Å². The highest BCUT2D eigenvalue weighted by Gasteiger charge is 2.17. The van der Waals surface area contributed by atoms with E-state index >= 15 is 0 Å². The lowest BCUT2D eigenvalue weighted by Gasteiger charge is -2.11. The van der Waals surface area contributed by atoms with E-state index in [1.807, 2.05) is 47.0 Å². The molecule has 0 spiro atoms. The van der Waals surface area contributed by atoms with Crippen molar-refractivity contribution in [1.82, 2.24) is 14.8 Å². The lowest BCUT2D eigenvalue weighted by molar-refractivity contribution is -0.113. The number of amides is 1. The second kappa shape index (κ2) is 9.80. The van der Waals surface area contributed by atoms with Gasteiger partial charge in [-0.3, -0.25) is 14.2 Å². The van der Waals surface area contributed by atoms with E-state index in [0.717, 1.165) is 11.3 Å². The fourth-order valence-corrected chi connectivity index (χ4v) is 3.98. The molecular formula is C24H19ClN4O2S. The first kappa shape index (κ1) is 21.8. The highest BCUT2D eigenvalue weighted by Crippen LogP contribution is 2.28. The fraction of sp³-hybridized carbons (Fsp3) is 0.0833. The van der Waals surface area contributed by atoms with Crippen LogP contribution in [0.25, 0.3) is 17.1 Å². The van der Waals surface area contributed by atoms with Crippen molar-refractivity contribution in [3.63, 3.8) is 0 Å². The zero-order valence-corrected chi connectivity index (χ0v) is 18.7. The largest absolute Gasteiger partial charge is 0.325 e. The van der Waals surface area contributed by atoms with Gasteiger partial charge in [-0.05, 0) is 43.3 Å². The average molecular weight is 463 g/mol. The number of halogens is 1. The van der Waals surface area contributed by atoms with E-state index in [9.17, 15) is 9.59 Å². The van der Waals surface area contributed by atoms with Crippen LogP contribution in [0.5, 0.6) is 0 Å². The van der Waals surface area contributed by atoms with Crippen LogP contribution in [-0.4, -0.2) is 32.2 Å². The molecule has 1 heterocycles. The highest BCUT2D eigenvalue weighted by atomic mass is 35.5. The predicted molar refractivity (Wildman–Crippen MR) is 128 cm³/mol. The molecule has 0 bridgehead atoms. The number of Topliss-reactive ketones (excluding diaryl/α,β-unsaturated/α-hetero) is 1. The number of carbonyl (C=O) groups is 2. The Labute approximate surface area is 194 Å². The third-order valence-corrected chi connectivity index (χ3v) is 5.82. The first-order valence-corrected chi connectivity index (χ1v) is 11.2. The molecule has 4 aromatic rings. The van der Waals surface area contributed by atoms with Crippen LogP contribution in [-0.2, 0) is 4.79 Å². The van der Waals surface area contributed by atoms with Gasteiger partial charge < -0.3 is 5.32 Å². The van der Waals surface area contributed by atoms with E-state index in [1.165, 1.54) is 18.7 Å². The summed E-state index contributed by atoms with van der Waals surface area (Å²) in [6.45, 7) is 1.49. The predicted octanol–water partition coefficient (Wildman–Crippen LogP) is 5.52. The first-order valence-electron chi connectivity index (χ1n) is 9.82. The minimum atomic E-state index is -0.206. The molecule has 0 saturated carbocycles. The van der Waals surface area contributed by atoms with Crippen molar-refractivity contribution in [3.8, 4) is 17.1 Å². The molecule has 0 aliphatic heterocycles. The van der Waals surface area contributed by atoms with Gasteiger partial charge in [0.25, 0.3) is 0 Å². The van der Waals surface area contributed by atoms with Crippen molar-refractivity contribution < 1.29 is 9.59 Å². The van der Waals surface area contributed by atoms with Gasteiger partial charge in [-0.25, -0.2) is 0 Å². The van der Waals surface area contributed by atoms with E-state index in [2.05, 4.69) is 15.5 Å². The van der Waals surface area contributed by atoms with Crippen molar-refractivity contribution in [1.29, 1.82) is 0 Å². The Bertz CT molecular complexity index is 1260. The van der Waals surface area contributed by atoms with E-state index in [-0.39, 0.29) is 17.4 Å². The number of anilines is 1. The summed E-state index contributed by atoms with van der Waals surface area (Å²) < 4.78 is 1.90. The topological polar surface area (TPSA) is 76.9 Å². The average Bonchev–Trinajstić information content (AvgIpc) is 3.23. The van der Waals surface area contributed by atoms with Gasteiger partial charge in [0.2, 0.25) is 5.91 Å². The van der Waals surface area contributed by atoms with Crippen LogP contribution in [0.2, 0.25) is 5.02 Å². The smallest absolute Gasteiger partial charge is 0.234 e. The third kappa shape index (κ3) is 5.07. The van der Waals surface area contributed by atoms with Crippen LogP contribution in [0.3, 0.4) is 0 Å². The third-order valence-electron chi connectivity index (χ3n) is 4.64. The molecule has 1 amide bonds. The summed E-state index contributed by atoms with van der Waals surface area (Å²) in [4.78, 5) is 24.1. The Morgan fingerprint density at radius 2 is 1.72 bits per heavy atom. The van der Waals surface area contributed by atoms with Crippen molar-refractivity contribution in [2.24, 2.45) is 0 Å². The molecule has 32 heavy (non-hydrogen) atoms. The molecule has 160 valence electrons. The number of rotatable bonds is 7. The lowest BCUT2D eigenvalue weighted by Crippen LogP contribution is -2.15. The van der Waals surface area contributed by atoms with E-state index in [4.69, 9.17) is 11.6 Å². The van der Waals surface area contributed by atoms with Crippen LogP contribution in [0.15, 0.2) is 84.0 Å². The first-order chi connectivity index (χ1) is 15.5. The number of nitrogens with zero attached hydrogens (tertiary/aromatic N) is 3. The molecule has 0 aliphatic carbocycles. The number of hydrogen-bond donors (Lipinski definition) is 1. The summed E-state index contributed by atoms with van der Waals surface area (Å²) in [6.07, 6.45) is 0. The van der Waals surface area contributed by atoms with Crippen LogP contribution in [0.1, 0.15) is 17.3 Å². The monoisotopic (exact) mass is 462 g/mol. The van der Waals surface area contributed by atoms with Crippen molar-refractivity contribution in [3.05, 3.63) is 89.4 Å². The lowest BCUT2D eigenvalue weighted by atomic mass is 10.1. The molecule has 3 aromatic carbocycles. The Hall–Kier alpha value is -3.42. The standard InChI is InChI=1S/C24H19ClN4O2S/c1-16(30)18-8-5-9-20(14-18)26-22(31)15-32-24-28-27-23(17-6-3-2-4-7-17)29(24)21-12-10-19(25)11-13-21/h2-14H,15H2,1H3,(H,26,31). The Kier molecular flexibility index (Phi) is 6.68. The van der Waals surface area contributed by atoms with E-state index < -0.39 is 0 Å². The highest BCUT2D eigenvalue weighted by molar-refractivity contribution is 7.99. The normalized spacial score (nSPS) is 10.7. The van der Waals surface area contributed by atoms with E-state index in [0.29, 0.717) is 27.3 Å². The minimum absolute atomic E-state index is 0.0556. The van der Waals surface area contributed by atoms with Gasteiger partial charge in [-0.15, -0.1) is 10.2 Å². The van der Waals surface area contributed by atoms with Gasteiger partial charge in [0, 0.05) is 27.5 Å². The minimum Gasteiger partial charge on any atom is -0.325 e. The molecule has 4 rings (SSSR count). The molecule has 0 unspecified atom stereocenters. The molecule has 0 saturated heterocycles. The Morgan fingerprint density at radius 3 is 2.44 bits per heavy atom. The molecule has 0 atom stereocenters. The summed E-state index contributed by atoms with van der Waals surface area (Å²) in [5.41, 5.74) is 2.88.